The number of carboxylic acid groups (broad SMARTS) is 1. The van der Waals surface area contributed by atoms with Crippen LogP contribution in [0, 0.1) is 5.92 Å². The van der Waals surface area contributed by atoms with E-state index < -0.39 is 52.2 Å². The standard InChI is InChI=1S/C20H19ClN2O7S/c21-15-5-1-12(2-6-15)13-3-7-16(8-4-13)31(29,30)11-14(19(26)27)9-23-17(10-24)18(25)22-20(23)28/h1-8,14,24-25H,9-11H2,(H,22,28)(H,26,27). The van der Waals surface area contributed by atoms with Crippen LogP contribution in [0.15, 0.2) is 58.2 Å². The molecule has 1 heterocycles. The zero-order valence-electron chi connectivity index (χ0n) is 16.0. The number of rotatable bonds is 8. The van der Waals surface area contributed by atoms with Crippen LogP contribution in [0.2, 0.25) is 5.02 Å². The highest BCUT2D eigenvalue weighted by Gasteiger charge is 2.29. The van der Waals surface area contributed by atoms with Crippen molar-refractivity contribution in [3.8, 4) is 17.0 Å². The van der Waals surface area contributed by atoms with Crippen molar-refractivity contribution >= 4 is 27.4 Å². The fraction of sp³-hybridized carbons (Fsp3) is 0.200. The van der Waals surface area contributed by atoms with Gasteiger partial charge in [-0.1, -0.05) is 35.9 Å². The summed E-state index contributed by atoms with van der Waals surface area (Å²) in [6.07, 6.45) is 0. The lowest BCUT2D eigenvalue weighted by Crippen LogP contribution is -2.32. The van der Waals surface area contributed by atoms with Crippen LogP contribution in [0.4, 0.5) is 0 Å². The largest absolute Gasteiger partial charge is 0.493 e. The maximum Gasteiger partial charge on any atom is 0.328 e. The lowest BCUT2D eigenvalue weighted by Gasteiger charge is -2.15. The number of hydrogen-bond donors (Lipinski definition) is 4. The van der Waals surface area contributed by atoms with E-state index in [-0.39, 0.29) is 10.6 Å². The maximum atomic E-state index is 12.8. The molecule has 0 amide bonds. The van der Waals surface area contributed by atoms with Crippen LogP contribution in [-0.2, 0) is 27.8 Å². The van der Waals surface area contributed by atoms with E-state index in [9.17, 15) is 33.3 Å². The van der Waals surface area contributed by atoms with Crippen molar-refractivity contribution in [2.24, 2.45) is 5.92 Å². The van der Waals surface area contributed by atoms with Crippen LogP contribution in [-0.4, -0.2) is 45.0 Å². The van der Waals surface area contributed by atoms with Gasteiger partial charge in [0.2, 0.25) is 5.88 Å². The van der Waals surface area contributed by atoms with Gasteiger partial charge in [0.15, 0.2) is 9.84 Å². The molecule has 11 heteroatoms. The molecule has 0 spiro atoms. The zero-order chi connectivity index (χ0) is 22.8. The number of aromatic amines is 1. The number of nitrogens with one attached hydrogen (secondary N) is 1. The monoisotopic (exact) mass is 466 g/mol. The Kier molecular flexibility index (Phi) is 6.54. The Morgan fingerprint density at radius 3 is 2.13 bits per heavy atom. The van der Waals surface area contributed by atoms with Gasteiger partial charge >= 0.3 is 11.7 Å². The van der Waals surface area contributed by atoms with Gasteiger partial charge in [-0.3, -0.25) is 14.3 Å². The molecule has 164 valence electrons. The minimum absolute atomic E-state index is 0.0666. The molecule has 0 aliphatic rings. The SMILES string of the molecule is O=C(O)C(Cn1c(CO)c(O)[nH]c1=O)CS(=O)(=O)c1ccc(-c2ccc(Cl)cc2)cc1. The molecule has 0 saturated heterocycles. The molecule has 1 unspecified atom stereocenters. The van der Waals surface area contributed by atoms with Crippen molar-refractivity contribution in [1.29, 1.82) is 0 Å². The Balaban J connectivity index is 1.84. The van der Waals surface area contributed by atoms with Gasteiger partial charge in [0.1, 0.15) is 5.69 Å². The summed E-state index contributed by atoms with van der Waals surface area (Å²) >= 11 is 5.87. The molecule has 31 heavy (non-hydrogen) atoms. The van der Waals surface area contributed by atoms with E-state index in [1.54, 1.807) is 36.4 Å². The highest BCUT2D eigenvalue weighted by Crippen LogP contribution is 2.24. The molecule has 0 aliphatic carbocycles. The number of halogens is 1. The first-order valence-electron chi connectivity index (χ1n) is 9.05. The van der Waals surface area contributed by atoms with E-state index in [1.807, 2.05) is 4.98 Å². The van der Waals surface area contributed by atoms with Gasteiger partial charge in [-0.25, -0.2) is 13.2 Å². The summed E-state index contributed by atoms with van der Waals surface area (Å²) in [4.78, 5) is 25.5. The topological polar surface area (TPSA) is 150 Å². The zero-order valence-corrected chi connectivity index (χ0v) is 17.6. The van der Waals surface area contributed by atoms with Gasteiger partial charge in [-0.2, -0.15) is 0 Å². The summed E-state index contributed by atoms with van der Waals surface area (Å²) in [5.74, 6) is -4.29. The quantitative estimate of drug-likeness (QED) is 0.395. The highest BCUT2D eigenvalue weighted by atomic mass is 35.5. The molecule has 1 aromatic heterocycles. The molecular formula is C20H19ClN2O7S. The highest BCUT2D eigenvalue weighted by molar-refractivity contribution is 7.91. The lowest BCUT2D eigenvalue weighted by atomic mass is 10.1. The van der Waals surface area contributed by atoms with Crippen molar-refractivity contribution in [3.63, 3.8) is 0 Å². The number of imidazole rings is 1. The molecule has 0 fully saturated rings. The minimum Gasteiger partial charge on any atom is -0.493 e. The van der Waals surface area contributed by atoms with Crippen LogP contribution >= 0.6 is 11.6 Å². The number of H-pyrrole nitrogens is 1. The molecule has 1 atom stereocenters. The predicted molar refractivity (Wildman–Crippen MR) is 113 cm³/mol. The third-order valence-electron chi connectivity index (χ3n) is 4.78. The Labute approximate surface area is 182 Å². The molecule has 3 rings (SSSR count). The summed E-state index contributed by atoms with van der Waals surface area (Å²) in [7, 11) is -4.01. The second-order valence-electron chi connectivity index (χ2n) is 6.84. The fourth-order valence-corrected chi connectivity index (χ4v) is 4.77. The molecule has 0 aliphatic heterocycles. The molecule has 0 bridgehead atoms. The Morgan fingerprint density at radius 1 is 1.06 bits per heavy atom. The van der Waals surface area contributed by atoms with Gasteiger partial charge < -0.3 is 15.3 Å². The Morgan fingerprint density at radius 2 is 1.61 bits per heavy atom. The fourth-order valence-electron chi connectivity index (χ4n) is 3.13. The predicted octanol–water partition coefficient (Wildman–Crippen LogP) is 1.87. The van der Waals surface area contributed by atoms with Crippen molar-refractivity contribution in [2.75, 3.05) is 5.75 Å². The van der Waals surface area contributed by atoms with Crippen LogP contribution in [0.3, 0.4) is 0 Å². The van der Waals surface area contributed by atoms with E-state index in [1.165, 1.54) is 12.1 Å². The van der Waals surface area contributed by atoms with Crippen LogP contribution in [0.1, 0.15) is 5.69 Å². The van der Waals surface area contributed by atoms with Gasteiger partial charge in [0.05, 0.1) is 23.2 Å². The molecule has 4 N–H and O–H groups in total. The Hall–Kier alpha value is -3.08. The number of carboxylic acids is 1. The first kappa shape index (κ1) is 22.6. The number of sulfone groups is 1. The molecule has 9 nitrogen and oxygen atoms in total. The van der Waals surface area contributed by atoms with E-state index in [0.29, 0.717) is 5.02 Å². The molecule has 0 saturated carbocycles. The lowest BCUT2D eigenvalue weighted by molar-refractivity contribution is -0.141. The van der Waals surface area contributed by atoms with E-state index >= 15 is 0 Å². The summed E-state index contributed by atoms with van der Waals surface area (Å²) in [5.41, 5.74) is 0.519. The molecule has 3 aromatic rings. The van der Waals surface area contributed by atoms with Crippen molar-refractivity contribution < 1.29 is 28.5 Å². The van der Waals surface area contributed by atoms with Gasteiger partial charge in [-0.15, -0.1) is 0 Å². The van der Waals surface area contributed by atoms with Crippen LogP contribution in [0.25, 0.3) is 11.1 Å². The average Bonchev–Trinajstić information content (AvgIpc) is 3.00. The first-order valence-corrected chi connectivity index (χ1v) is 11.1. The number of hydrogen-bond acceptors (Lipinski definition) is 6. The van der Waals surface area contributed by atoms with Crippen molar-refractivity contribution in [2.45, 2.75) is 18.0 Å². The molecular weight excluding hydrogens is 448 g/mol. The average molecular weight is 467 g/mol. The smallest absolute Gasteiger partial charge is 0.328 e. The second-order valence-corrected chi connectivity index (χ2v) is 9.31. The van der Waals surface area contributed by atoms with Crippen molar-refractivity contribution in [3.05, 3.63) is 69.7 Å². The summed E-state index contributed by atoms with van der Waals surface area (Å²) < 4.78 is 26.4. The summed E-state index contributed by atoms with van der Waals surface area (Å²) in [6, 6.07) is 13.0. The van der Waals surface area contributed by atoms with Gasteiger partial charge in [0, 0.05) is 11.6 Å². The first-order chi connectivity index (χ1) is 14.6. The maximum absolute atomic E-state index is 12.8. The third kappa shape index (κ3) is 4.98. The van der Waals surface area contributed by atoms with Gasteiger partial charge in [0.25, 0.3) is 0 Å². The number of aromatic nitrogens is 2. The van der Waals surface area contributed by atoms with E-state index in [4.69, 9.17) is 11.6 Å². The normalized spacial score (nSPS) is 12.6. The van der Waals surface area contributed by atoms with Crippen LogP contribution in [0.5, 0.6) is 5.88 Å². The number of aliphatic hydroxyl groups excluding tert-OH is 1. The van der Waals surface area contributed by atoms with E-state index in [0.717, 1.165) is 15.7 Å². The number of aliphatic hydroxyl groups is 1. The van der Waals surface area contributed by atoms with Gasteiger partial charge in [-0.05, 0) is 35.4 Å². The summed E-state index contributed by atoms with van der Waals surface area (Å²) in [5, 5.41) is 29.0. The number of aromatic hydroxyl groups is 1. The second kappa shape index (κ2) is 8.96. The number of nitrogens with zero attached hydrogens (tertiary/aromatic N) is 1. The number of benzene rings is 2. The number of carbonyl (C=O) groups is 1. The molecule has 2 aromatic carbocycles. The van der Waals surface area contributed by atoms with E-state index in [2.05, 4.69) is 0 Å². The van der Waals surface area contributed by atoms with Crippen molar-refractivity contribution in [1.82, 2.24) is 9.55 Å². The van der Waals surface area contributed by atoms with Crippen LogP contribution < -0.4 is 5.69 Å². The summed E-state index contributed by atoms with van der Waals surface area (Å²) in [6.45, 7) is -1.26. The Bertz CT molecular complexity index is 1250. The number of aliphatic carboxylic acids is 1. The third-order valence-corrected chi connectivity index (χ3v) is 6.87. The minimum atomic E-state index is -4.01. The molecule has 0 radical (unpaired) electrons.